The van der Waals surface area contributed by atoms with E-state index in [1.807, 2.05) is 19.1 Å². The van der Waals surface area contributed by atoms with Crippen molar-refractivity contribution in [3.63, 3.8) is 0 Å². The Morgan fingerprint density at radius 3 is 2.83 bits per heavy atom. The van der Waals surface area contributed by atoms with E-state index in [4.69, 9.17) is 10.2 Å². The van der Waals surface area contributed by atoms with E-state index in [2.05, 4.69) is 4.98 Å². The van der Waals surface area contributed by atoms with E-state index in [0.717, 1.165) is 22.2 Å². The van der Waals surface area contributed by atoms with Gasteiger partial charge in [0, 0.05) is 22.5 Å². The Morgan fingerprint density at radius 1 is 1.33 bits per heavy atom. The lowest BCUT2D eigenvalue weighted by Crippen LogP contribution is -2.05. The summed E-state index contributed by atoms with van der Waals surface area (Å²) in [7, 11) is 0. The molecule has 0 aliphatic heterocycles. The number of hydrogen-bond acceptors (Lipinski definition) is 2. The molecule has 0 bridgehead atoms. The average Bonchev–Trinajstić information content (AvgIpc) is 2.94. The highest BCUT2D eigenvalue weighted by Crippen LogP contribution is 2.34. The predicted molar refractivity (Wildman–Crippen MR) is 68.6 cm³/mol. The van der Waals surface area contributed by atoms with Gasteiger partial charge in [0.15, 0.2) is 0 Å². The lowest BCUT2D eigenvalue weighted by atomic mass is 10.0. The van der Waals surface area contributed by atoms with Gasteiger partial charge in [0.1, 0.15) is 11.6 Å². The van der Waals surface area contributed by atoms with E-state index >= 15 is 0 Å². The highest BCUT2D eigenvalue weighted by Gasteiger charge is 2.18. The van der Waals surface area contributed by atoms with Gasteiger partial charge in [-0.3, -0.25) is 0 Å². The minimum Gasteiger partial charge on any atom is -0.463 e. The number of aromatic amines is 1. The molecule has 0 aliphatic carbocycles. The number of furan rings is 1. The molecule has 0 amide bonds. The Labute approximate surface area is 103 Å². The van der Waals surface area contributed by atoms with Crippen LogP contribution in [0.4, 0.5) is 4.39 Å². The maximum absolute atomic E-state index is 13.4. The van der Waals surface area contributed by atoms with Gasteiger partial charge in [-0.05, 0) is 37.3 Å². The van der Waals surface area contributed by atoms with Crippen molar-refractivity contribution in [1.82, 2.24) is 4.98 Å². The van der Waals surface area contributed by atoms with Crippen LogP contribution in [0.1, 0.15) is 18.5 Å². The van der Waals surface area contributed by atoms with Gasteiger partial charge in [0.25, 0.3) is 0 Å². The second-order valence-corrected chi connectivity index (χ2v) is 4.37. The van der Waals surface area contributed by atoms with Crippen molar-refractivity contribution in [3.05, 3.63) is 48.0 Å². The summed E-state index contributed by atoms with van der Waals surface area (Å²) in [4.78, 5) is 3.23. The smallest absolute Gasteiger partial charge is 0.150 e. The third kappa shape index (κ3) is 1.62. The summed E-state index contributed by atoms with van der Waals surface area (Å²) in [6.07, 6.45) is 1.60. The summed E-state index contributed by atoms with van der Waals surface area (Å²) in [5.41, 5.74) is 8.54. The van der Waals surface area contributed by atoms with E-state index in [0.29, 0.717) is 5.76 Å². The van der Waals surface area contributed by atoms with E-state index in [-0.39, 0.29) is 11.9 Å². The molecule has 3 N–H and O–H groups in total. The number of halogens is 1. The molecule has 0 aliphatic rings. The van der Waals surface area contributed by atoms with Gasteiger partial charge in [-0.15, -0.1) is 0 Å². The van der Waals surface area contributed by atoms with Gasteiger partial charge in [0.05, 0.1) is 12.0 Å². The zero-order valence-electron chi connectivity index (χ0n) is 9.91. The summed E-state index contributed by atoms with van der Waals surface area (Å²) in [5.74, 6) is 0.438. The second-order valence-electron chi connectivity index (χ2n) is 4.37. The van der Waals surface area contributed by atoms with Crippen LogP contribution in [0.2, 0.25) is 0 Å². The van der Waals surface area contributed by atoms with Crippen molar-refractivity contribution < 1.29 is 8.81 Å². The van der Waals surface area contributed by atoms with Crippen LogP contribution in [-0.4, -0.2) is 4.98 Å². The number of aromatic nitrogens is 1. The van der Waals surface area contributed by atoms with Crippen LogP contribution in [0.5, 0.6) is 0 Å². The lowest BCUT2D eigenvalue weighted by Gasteiger charge is -2.06. The molecule has 0 fully saturated rings. The summed E-state index contributed by atoms with van der Waals surface area (Å²) in [6, 6.07) is 8.09. The molecule has 2 aromatic heterocycles. The molecule has 3 rings (SSSR count). The third-order valence-corrected chi connectivity index (χ3v) is 3.02. The van der Waals surface area contributed by atoms with E-state index in [9.17, 15) is 4.39 Å². The molecule has 18 heavy (non-hydrogen) atoms. The number of nitrogens with one attached hydrogen (secondary N) is 1. The van der Waals surface area contributed by atoms with Gasteiger partial charge >= 0.3 is 0 Å². The molecule has 1 unspecified atom stereocenters. The fraction of sp³-hybridized carbons (Fsp3) is 0.143. The number of fused-ring (bicyclic) bond motifs is 1. The van der Waals surface area contributed by atoms with Crippen molar-refractivity contribution in [1.29, 1.82) is 0 Å². The monoisotopic (exact) mass is 244 g/mol. The van der Waals surface area contributed by atoms with Crippen molar-refractivity contribution in [2.75, 3.05) is 0 Å². The molecule has 0 radical (unpaired) electrons. The molecular formula is C14H13FN2O. The summed E-state index contributed by atoms with van der Waals surface area (Å²) in [5, 5.41) is 0.802. The molecular weight excluding hydrogens is 231 g/mol. The lowest BCUT2D eigenvalue weighted by molar-refractivity contribution is 0.579. The standard InChI is InChI=1S/C14H13FN2O/c1-8(16)13-10-7-9(15)4-5-11(10)17-14(13)12-3-2-6-18-12/h2-8,17H,16H2,1H3. The summed E-state index contributed by atoms with van der Waals surface area (Å²) in [6.45, 7) is 1.87. The molecule has 0 spiro atoms. The normalized spacial score (nSPS) is 13.1. The summed E-state index contributed by atoms with van der Waals surface area (Å²) >= 11 is 0. The van der Waals surface area contributed by atoms with Gasteiger partial charge in [-0.2, -0.15) is 0 Å². The first-order valence-corrected chi connectivity index (χ1v) is 5.77. The Morgan fingerprint density at radius 2 is 2.17 bits per heavy atom. The Balaban J connectivity index is 2.35. The molecule has 3 nitrogen and oxygen atoms in total. The van der Waals surface area contributed by atoms with Gasteiger partial charge in [-0.25, -0.2) is 4.39 Å². The fourth-order valence-corrected chi connectivity index (χ4v) is 2.27. The highest BCUT2D eigenvalue weighted by atomic mass is 19.1. The largest absolute Gasteiger partial charge is 0.463 e. The zero-order chi connectivity index (χ0) is 12.7. The first-order chi connectivity index (χ1) is 8.66. The van der Waals surface area contributed by atoms with Gasteiger partial charge < -0.3 is 15.1 Å². The van der Waals surface area contributed by atoms with Gasteiger partial charge in [-0.1, -0.05) is 0 Å². The fourth-order valence-electron chi connectivity index (χ4n) is 2.27. The van der Waals surface area contributed by atoms with Crippen molar-refractivity contribution in [3.8, 4) is 11.5 Å². The van der Waals surface area contributed by atoms with Crippen LogP contribution in [0.15, 0.2) is 41.0 Å². The first-order valence-electron chi connectivity index (χ1n) is 5.77. The molecule has 2 heterocycles. The minimum absolute atomic E-state index is 0.208. The van der Waals surface area contributed by atoms with Crippen LogP contribution in [0.3, 0.4) is 0 Å². The quantitative estimate of drug-likeness (QED) is 0.723. The molecule has 4 heteroatoms. The van der Waals surface area contributed by atoms with Crippen LogP contribution in [0, 0.1) is 5.82 Å². The molecule has 92 valence electrons. The Hall–Kier alpha value is -2.07. The second kappa shape index (κ2) is 3.99. The number of hydrogen-bond donors (Lipinski definition) is 2. The predicted octanol–water partition coefficient (Wildman–Crippen LogP) is 3.59. The van der Waals surface area contributed by atoms with Crippen molar-refractivity contribution in [2.45, 2.75) is 13.0 Å². The van der Waals surface area contributed by atoms with Crippen molar-refractivity contribution >= 4 is 10.9 Å². The van der Waals surface area contributed by atoms with Crippen LogP contribution in [-0.2, 0) is 0 Å². The Kier molecular flexibility index (Phi) is 2.45. The number of benzene rings is 1. The highest BCUT2D eigenvalue weighted by molar-refractivity contribution is 5.90. The SMILES string of the molecule is CC(N)c1c(-c2ccco2)[nH]c2ccc(F)cc12. The zero-order valence-corrected chi connectivity index (χ0v) is 9.91. The molecule has 1 aromatic carbocycles. The molecule has 1 atom stereocenters. The van der Waals surface area contributed by atoms with Crippen LogP contribution in [0.25, 0.3) is 22.4 Å². The first kappa shape index (κ1) is 11.0. The maximum atomic E-state index is 13.4. The minimum atomic E-state index is -0.269. The Bertz CT molecular complexity index is 683. The number of H-pyrrole nitrogens is 1. The third-order valence-electron chi connectivity index (χ3n) is 3.02. The number of rotatable bonds is 2. The van der Waals surface area contributed by atoms with Crippen LogP contribution >= 0.6 is 0 Å². The maximum Gasteiger partial charge on any atom is 0.150 e. The van der Waals surface area contributed by atoms with E-state index < -0.39 is 0 Å². The topological polar surface area (TPSA) is 54.9 Å². The average molecular weight is 244 g/mol. The van der Waals surface area contributed by atoms with E-state index in [1.165, 1.54) is 12.1 Å². The van der Waals surface area contributed by atoms with Crippen molar-refractivity contribution in [2.24, 2.45) is 5.73 Å². The van der Waals surface area contributed by atoms with Crippen LogP contribution < -0.4 is 5.73 Å². The molecule has 3 aromatic rings. The molecule has 0 saturated carbocycles. The molecule has 0 saturated heterocycles. The van der Waals surface area contributed by atoms with Gasteiger partial charge in [0.2, 0.25) is 0 Å². The summed E-state index contributed by atoms with van der Waals surface area (Å²) < 4.78 is 18.7. The van der Waals surface area contributed by atoms with E-state index in [1.54, 1.807) is 12.3 Å². The number of nitrogens with two attached hydrogens (primary N) is 1.